The van der Waals surface area contributed by atoms with Crippen LogP contribution in [0.15, 0.2) is 24.3 Å². The largest absolute Gasteiger partial charge is 0.395 e. The Balaban J connectivity index is 2.67. The smallest absolute Gasteiger partial charge is 0.225 e. The summed E-state index contributed by atoms with van der Waals surface area (Å²) in [5, 5.41) is 9.61. The zero-order chi connectivity index (χ0) is 13.5. The van der Waals surface area contributed by atoms with Crippen LogP contribution in [0.25, 0.3) is 0 Å². The third kappa shape index (κ3) is 4.00. The van der Waals surface area contributed by atoms with E-state index in [1.54, 1.807) is 4.90 Å². The van der Waals surface area contributed by atoms with E-state index < -0.39 is 0 Å². The van der Waals surface area contributed by atoms with Crippen molar-refractivity contribution in [3.8, 4) is 0 Å². The third-order valence-electron chi connectivity index (χ3n) is 2.97. The molecule has 0 radical (unpaired) electrons. The van der Waals surface area contributed by atoms with Crippen molar-refractivity contribution in [2.24, 2.45) is 5.92 Å². The molecule has 1 atom stereocenters. The van der Waals surface area contributed by atoms with Gasteiger partial charge in [-0.3, -0.25) is 4.79 Å². The SMILES string of the molecule is CCN(CCO)C(=O)[C@H](C)Cc1ccccc1Cl. The van der Waals surface area contributed by atoms with E-state index in [0.717, 1.165) is 5.56 Å². The van der Waals surface area contributed by atoms with Crippen LogP contribution in [0.2, 0.25) is 5.02 Å². The molecule has 18 heavy (non-hydrogen) atoms. The zero-order valence-corrected chi connectivity index (χ0v) is 11.7. The summed E-state index contributed by atoms with van der Waals surface area (Å²) in [7, 11) is 0. The Morgan fingerprint density at radius 2 is 2.11 bits per heavy atom. The monoisotopic (exact) mass is 269 g/mol. The number of amides is 1. The van der Waals surface area contributed by atoms with Crippen LogP contribution in [0.3, 0.4) is 0 Å². The highest BCUT2D eigenvalue weighted by Crippen LogP contribution is 2.19. The number of rotatable bonds is 6. The Kier molecular flexibility index (Phi) is 6.16. The molecule has 3 nitrogen and oxygen atoms in total. The highest BCUT2D eigenvalue weighted by molar-refractivity contribution is 6.31. The van der Waals surface area contributed by atoms with Crippen LogP contribution in [0, 0.1) is 5.92 Å². The number of nitrogens with zero attached hydrogens (tertiary/aromatic N) is 1. The normalized spacial score (nSPS) is 12.2. The molecule has 0 heterocycles. The first kappa shape index (κ1) is 15.0. The quantitative estimate of drug-likeness (QED) is 0.861. The van der Waals surface area contributed by atoms with E-state index in [1.807, 2.05) is 38.1 Å². The predicted octanol–water partition coefficient (Wildman–Crippen LogP) is 2.36. The maximum absolute atomic E-state index is 12.2. The van der Waals surface area contributed by atoms with E-state index in [0.29, 0.717) is 24.5 Å². The van der Waals surface area contributed by atoms with Gasteiger partial charge >= 0.3 is 0 Å². The molecule has 0 bridgehead atoms. The molecule has 1 rings (SSSR count). The Morgan fingerprint density at radius 3 is 2.67 bits per heavy atom. The number of hydrogen-bond donors (Lipinski definition) is 1. The first-order valence-electron chi connectivity index (χ1n) is 6.23. The van der Waals surface area contributed by atoms with Gasteiger partial charge in [0.1, 0.15) is 0 Å². The van der Waals surface area contributed by atoms with Crippen molar-refractivity contribution in [3.63, 3.8) is 0 Å². The molecule has 1 aromatic rings. The van der Waals surface area contributed by atoms with Crippen molar-refractivity contribution in [2.45, 2.75) is 20.3 Å². The van der Waals surface area contributed by atoms with Crippen molar-refractivity contribution < 1.29 is 9.90 Å². The van der Waals surface area contributed by atoms with Crippen molar-refractivity contribution in [3.05, 3.63) is 34.9 Å². The van der Waals surface area contributed by atoms with Crippen LogP contribution in [0.1, 0.15) is 19.4 Å². The molecule has 1 amide bonds. The molecule has 4 heteroatoms. The topological polar surface area (TPSA) is 40.5 Å². The fourth-order valence-electron chi connectivity index (χ4n) is 1.94. The summed E-state index contributed by atoms with van der Waals surface area (Å²) in [4.78, 5) is 13.8. The highest BCUT2D eigenvalue weighted by atomic mass is 35.5. The van der Waals surface area contributed by atoms with Gasteiger partial charge in [0.05, 0.1) is 6.61 Å². The van der Waals surface area contributed by atoms with Crippen molar-refractivity contribution in [2.75, 3.05) is 19.7 Å². The average molecular weight is 270 g/mol. The minimum atomic E-state index is -0.128. The van der Waals surface area contributed by atoms with Crippen LogP contribution < -0.4 is 0 Å². The van der Waals surface area contributed by atoms with Crippen molar-refractivity contribution in [1.29, 1.82) is 0 Å². The van der Waals surface area contributed by atoms with E-state index >= 15 is 0 Å². The minimum absolute atomic E-state index is 0.00159. The number of aliphatic hydroxyl groups is 1. The first-order chi connectivity index (χ1) is 8.60. The minimum Gasteiger partial charge on any atom is -0.395 e. The molecular formula is C14H20ClNO2. The molecular weight excluding hydrogens is 250 g/mol. The summed E-state index contributed by atoms with van der Waals surface area (Å²) in [6.07, 6.45) is 0.625. The Morgan fingerprint density at radius 1 is 1.44 bits per heavy atom. The van der Waals surface area contributed by atoms with Crippen LogP contribution in [-0.2, 0) is 11.2 Å². The van der Waals surface area contributed by atoms with E-state index in [4.69, 9.17) is 16.7 Å². The molecule has 100 valence electrons. The van der Waals surface area contributed by atoms with Crippen LogP contribution in [0.4, 0.5) is 0 Å². The van der Waals surface area contributed by atoms with Gasteiger partial charge in [-0.15, -0.1) is 0 Å². The Hall–Kier alpha value is -1.06. The van der Waals surface area contributed by atoms with Gasteiger partial charge in [-0.1, -0.05) is 36.7 Å². The molecule has 0 fully saturated rings. The second-order valence-corrected chi connectivity index (χ2v) is 4.75. The molecule has 0 aromatic heterocycles. The summed E-state index contributed by atoms with van der Waals surface area (Å²) in [5.74, 6) is -0.0668. The Labute approximate surface area is 113 Å². The van der Waals surface area contributed by atoms with Gasteiger partial charge in [-0.2, -0.15) is 0 Å². The second-order valence-electron chi connectivity index (χ2n) is 4.34. The van der Waals surface area contributed by atoms with Gasteiger partial charge in [0, 0.05) is 24.0 Å². The van der Waals surface area contributed by atoms with Gasteiger partial charge < -0.3 is 10.0 Å². The lowest BCUT2D eigenvalue weighted by Crippen LogP contribution is -2.37. The summed E-state index contributed by atoms with van der Waals surface area (Å²) < 4.78 is 0. The molecule has 0 saturated carbocycles. The number of halogens is 1. The van der Waals surface area contributed by atoms with Crippen LogP contribution in [0.5, 0.6) is 0 Å². The van der Waals surface area contributed by atoms with Gasteiger partial charge in [0.25, 0.3) is 0 Å². The van der Waals surface area contributed by atoms with E-state index in [1.165, 1.54) is 0 Å². The van der Waals surface area contributed by atoms with Gasteiger partial charge in [-0.25, -0.2) is 0 Å². The van der Waals surface area contributed by atoms with Gasteiger partial charge in [-0.05, 0) is 25.0 Å². The van der Waals surface area contributed by atoms with Crippen LogP contribution >= 0.6 is 11.6 Å². The maximum Gasteiger partial charge on any atom is 0.225 e. The van der Waals surface area contributed by atoms with Crippen LogP contribution in [-0.4, -0.2) is 35.6 Å². The number of likely N-dealkylation sites (N-methyl/N-ethyl adjacent to an activating group) is 1. The summed E-state index contributed by atoms with van der Waals surface area (Å²) >= 11 is 6.08. The number of carbonyl (C=O) groups excluding carboxylic acids is 1. The molecule has 0 spiro atoms. The second kappa shape index (κ2) is 7.39. The lowest BCUT2D eigenvalue weighted by atomic mass is 9.99. The standard InChI is InChI=1S/C14H20ClNO2/c1-3-16(8-9-17)14(18)11(2)10-12-6-4-5-7-13(12)15/h4-7,11,17H,3,8-10H2,1-2H3/t11-/m1/s1. The molecule has 1 N–H and O–H groups in total. The molecule has 0 unspecified atom stereocenters. The summed E-state index contributed by atoms with van der Waals surface area (Å²) in [5.41, 5.74) is 0.986. The maximum atomic E-state index is 12.2. The van der Waals surface area contributed by atoms with E-state index in [-0.39, 0.29) is 18.4 Å². The predicted molar refractivity (Wildman–Crippen MR) is 73.7 cm³/mol. The first-order valence-corrected chi connectivity index (χ1v) is 6.61. The number of carbonyl (C=O) groups is 1. The number of benzene rings is 1. The fourth-order valence-corrected chi connectivity index (χ4v) is 2.15. The molecule has 0 saturated heterocycles. The number of aliphatic hydroxyl groups excluding tert-OH is 1. The van der Waals surface area contributed by atoms with Crippen molar-refractivity contribution in [1.82, 2.24) is 4.90 Å². The van der Waals surface area contributed by atoms with E-state index in [9.17, 15) is 4.79 Å². The fraction of sp³-hybridized carbons (Fsp3) is 0.500. The summed E-state index contributed by atoms with van der Waals surface area (Å²) in [6, 6.07) is 7.57. The lowest BCUT2D eigenvalue weighted by molar-refractivity contribution is -0.135. The lowest BCUT2D eigenvalue weighted by Gasteiger charge is -2.23. The van der Waals surface area contributed by atoms with Gasteiger partial charge in [0.15, 0.2) is 0 Å². The average Bonchev–Trinajstić information content (AvgIpc) is 2.37. The molecule has 0 aliphatic carbocycles. The molecule has 0 aliphatic rings. The van der Waals surface area contributed by atoms with Gasteiger partial charge in [0.2, 0.25) is 5.91 Å². The highest BCUT2D eigenvalue weighted by Gasteiger charge is 2.19. The molecule has 0 aliphatic heterocycles. The van der Waals surface area contributed by atoms with Crippen molar-refractivity contribution >= 4 is 17.5 Å². The summed E-state index contributed by atoms with van der Waals surface area (Å²) in [6.45, 7) is 4.81. The number of hydrogen-bond acceptors (Lipinski definition) is 2. The Bertz CT molecular complexity index is 395. The third-order valence-corrected chi connectivity index (χ3v) is 3.34. The van der Waals surface area contributed by atoms with E-state index in [2.05, 4.69) is 0 Å². The molecule has 1 aromatic carbocycles. The zero-order valence-electron chi connectivity index (χ0n) is 10.9.